The summed E-state index contributed by atoms with van der Waals surface area (Å²) in [6.07, 6.45) is 0. The molecule has 0 atom stereocenters. The van der Waals surface area contributed by atoms with E-state index in [1.165, 1.54) is 32.2 Å². The summed E-state index contributed by atoms with van der Waals surface area (Å²) in [5, 5.41) is 5.42. The highest BCUT2D eigenvalue weighted by atomic mass is 32.2. The largest absolute Gasteiger partial charge is 0.495 e. The number of carbonyl (C=O) groups is 2. The second-order valence-electron chi connectivity index (χ2n) is 7.89. The van der Waals surface area contributed by atoms with Gasteiger partial charge in [0.25, 0.3) is 5.91 Å². The van der Waals surface area contributed by atoms with Gasteiger partial charge in [-0.05, 0) is 63.6 Å². The van der Waals surface area contributed by atoms with Gasteiger partial charge in [-0.15, -0.1) is 0 Å². The number of ether oxygens (including phenoxy) is 1. The Hall–Kier alpha value is -2.91. The number of nitrogens with one attached hydrogen (secondary N) is 3. The first-order valence-electron chi connectivity index (χ1n) is 9.24. The molecule has 0 heterocycles. The number of carbonyl (C=O) groups excluding carboxylic acids is 2. The van der Waals surface area contributed by atoms with Crippen molar-refractivity contribution in [2.24, 2.45) is 0 Å². The van der Waals surface area contributed by atoms with E-state index >= 15 is 0 Å². The van der Waals surface area contributed by atoms with Crippen LogP contribution in [0.3, 0.4) is 0 Å². The van der Waals surface area contributed by atoms with Gasteiger partial charge >= 0.3 is 0 Å². The number of sulfonamides is 1. The van der Waals surface area contributed by atoms with Gasteiger partial charge in [-0.25, -0.2) is 13.1 Å². The van der Waals surface area contributed by atoms with Crippen LogP contribution >= 0.6 is 0 Å². The van der Waals surface area contributed by atoms with Gasteiger partial charge in [-0.3, -0.25) is 9.59 Å². The zero-order chi connectivity index (χ0) is 22.7. The molecular formula is C21H27N3O5S. The Kier molecular flexibility index (Phi) is 6.89. The highest BCUT2D eigenvalue weighted by Gasteiger charge is 2.26. The van der Waals surface area contributed by atoms with Crippen molar-refractivity contribution < 1.29 is 22.7 Å². The molecule has 0 bridgehead atoms. The number of anilines is 2. The summed E-state index contributed by atoms with van der Waals surface area (Å²) in [6.45, 7) is 8.39. The predicted molar refractivity (Wildman–Crippen MR) is 117 cm³/mol. The van der Waals surface area contributed by atoms with Gasteiger partial charge in [0.1, 0.15) is 10.6 Å². The average Bonchev–Trinajstić information content (AvgIpc) is 2.61. The van der Waals surface area contributed by atoms with Gasteiger partial charge in [-0.2, -0.15) is 0 Å². The van der Waals surface area contributed by atoms with E-state index in [9.17, 15) is 18.0 Å². The Balaban J connectivity index is 2.36. The first-order chi connectivity index (χ1) is 13.8. The van der Waals surface area contributed by atoms with Crippen LogP contribution in [0.1, 0.15) is 43.6 Å². The van der Waals surface area contributed by atoms with Gasteiger partial charge in [0.05, 0.1) is 7.11 Å². The minimum absolute atomic E-state index is 0.129. The van der Waals surface area contributed by atoms with Gasteiger partial charge in [0.15, 0.2) is 0 Å². The summed E-state index contributed by atoms with van der Waals surface area (Å²) in [5.74, 6) is -0.591. The van der Waals surface area contributed by atoms with Crippen LogP contribution in [-0.4, -0.2) is 32.9 Å². The lowest BCUT2D eigenvalue weighted by atomic mass is 10.1. The van der Waals surface area contributed by atoms with Crippen molar-refractivity contribution in [1.82, 2.24) is 4.72 Å². The van der Waals surface area contributed by atoms with E-state index in [0.717, 1.165) is 5.56 Å². The molecule has 8 nitrogen and oxygen atoms in total. The molecule has 0 aliphatic carbocycles. The Morgan fingerprint density at radius 2 is 1.67 bits per heavy atom. The molecular weight excluding hydrogens is 406 g/mol. The molecule has 2 aromatic carbocycles. The normalized spacial score (nSPS) is 11.7. The third-order valence-electron chi connectivity index (χ3n) is 3.96. The van der Waals surface area contributed by atoms with E-state index in [2.05, 4.69) is 15.4 Å². The molecule has 3 N–H and O–H groups in total. The predicted octanol–water partition coefficient (Wildman–Crippen LogP) is 3.29. The molecule has 0 unspecified atom stereocenters. The lowest BCUT2D eigenvalue weighted by Gasteiger charge is -2.21. The second kappa shape index (κ2) is 8.85. The maximum absolute atomic E-state index is 12.8. The molecule has 0 aromatic heterocycles. The van der Waals surface area contributed by atoms with E-state index in [-0.39, 0.29) is 22.1 Å². The number of benzene rings is 2. The molecule has 0 aliphatic rings. The van der Waals surface area contributed by atoms with Crippen LogP contribution in [0.15, 0.2) is 41.3 Å². The number of rotatable bonds is 6. The van der Waals surface area contributed by atoms with E-state index in [0.29, 0.717) is 11.4 Å². The molecule has 0 fully saturated rings. The molecule has 0 saturated heterocycles. The van der Waals surface area contributed by atoms with Gasteiger partial charge < -0.3 is 15.4 Å². The van der Waals surface area contributed by atoms with Crippen molar-refractivity contribution in [1.29, 1.82) is 0 Å². The molecule has 2 amide bonds. The Labute approximate surface area is 177 Å². The van der Waals surface area contributed by atoms with Crippen LogP contribution in [0, 0.1) is 6.92 Å². The smallest absolute Gasteiger partial charge is 0.255 e. The Morgan fingerprint density at radius 1 is 1.00 bits per heavy atom. The van der Waals surface area contributed by atoms with Crippen LogP contribution in [0.2, 0.25) is 0 Å². The van der Waals surface area contributed by atoms with Crippen molar-refractivity contribution in [2.75, 3.05) is 17.7 Å². The summed E-state index contributed by atoms with van der Waals surface area (Å²) >= 11 is 0. The summed E-state index contributed by atoms with van der Waals surface area (Å²) < 4.78 is 33.3. The highest BCUT2D eigenvalue weighted by Crippen LogP contribution is 2.27. The number of methoxy groups -OCH3 is 1. The van der Waals surface area contributed by atoms with Crippen molar-refractivity contribution in [3.8, 4) is 5.75 Å². The number of amides is 2. The molecule has 0 spiro atoms. The van der Waals surface area contributed by atoms with E-state index in [1.54, 1.807) is 39.0 Å². The van der Waals surface area contributed by atoms with Gasteiger partial charge in [-0.1, -0.05) is 6.07 Å². The fourth-order valence-corrected chi connectivity index (χ4v) is 4.33. The lowest BCUT2D eigenvalue weighted by Crippen LogP contribution is -2.40. The quantitative estimate of drug-likeness (QED) is 0.647. The Bertz CT molecular complexity index is 1070. The lowest BCUT2D eigenvalue weighted by molar-refractivity contribution is -0.114. The van der Waals surface area contributed by atoms with Crippen LogP contribution in [0.25, 0.3) is 0 Å². The molecule has 2 rings (SSSR count). The summed E-state index contributed by atoms with van der Waals surface area (Å²) in [5.41, 5.74) is 1.32. The van der Waals surface area contributed by atoms with Crippen molar-refractivity contribution >= 4 is 33.2 Å². The molecule has 30 heavy (non-hydrogen) atoms. The summed E-state index contributed by atoms with van der Waals surface area (Å²) in [7, 11) is -2.56. The van der Waals surface area contributed by atoms with Crippen LogP contribution < -0.4 is 20.1 Å². The summed E-state index contributed by atoms with van der Waals surface area (Å²) in [6, 6.07) is 9.28. The molecule has 2 aromatic rings. The van der Waals surface area contributed by atoms with Crippen molar-refractivity contribution in [2.45, 2.75) is 45.1 Å². The van der Waals surface area contributed by atoms with Gasteiger partial charge in [0.2, 0.25) is 15.9 Å². The minimum Gasteiger partial charge on any atom is -0.495 e. The minimum atomic E-state index is -3.92. The zero-order valence-corrected chi connectivity index (χ0v) is 18.7. The average molecular weight is 434 g/mol. The monoisotopic (exact) mass is 433 g/mol. The van der Waals surface area contributed by atoms with Crippen molar-refractivity contribution in [3.05, 3.63) is 47.5 Å². The first kappa shape index (κ1) is 23.4. The fourth-order valence-electron chi connectivity index (χ4n) is 2.71. The SMILES string of the molecule is COc1ccc(C(=O)Nc2ccc(C)c(NC(C)=O)c2)cc1S(=O)(=O)NC(C)(C)C. The van der Waals surface area contributed by atoms with Crippen molar-refractivity contribution in [3.63, 3.8) is 0 Å². The van der Waals surface area contributed by atoms with E-state index in [4.69, 9.17) is 4.74 Å². The van der Waals surface area contributed by atoms with E-state index < -0.39 is 21.5 Å². The maximum atomic E-state index is 12.8. The molecule has 0 radical (unpaired) electrons. The highest BCUT2D eigenvalue weighted by molar-refractivity contribution is 7.89. The molecule has 162 valence electrons. The van der Waals surface area contributed by atoms with Crippen LogP contribution in [-0.2, 0) is 14.8 Å². The Morgan fingerprint density at radius 3 is 2.23 bits per heavy atom. The zero-order valence-electron chi connectivity index (χ0n) is 17.9. The number of hydrogen-bond acceptors (Lipinski definition) is 5. The number of hydrogen-bond donors (Lipinski definition) is 3. The molecule has 0 aliphatic heterocycles. The molecule has 0 saturated carbocycles. The maximum Gasteiger partial charge on any atom is 0.255 e. The second-order valence-corrected chi connectivity index (χ2v) is 9.54. The van der Waals surface area contributed by atoms with Gasteiger partial charge in [0, 0.05) is 29.4 Å². The topological polar surface area (TPSA) is 114 Å². The van der Waals surface area contributed by atoms with E-state index in [1.807, 2.05) is 6.92 Å². The third kappa shape index (κ3) is 6.04. The fraction of sp³-hybridized carbons (Fsp3) is 0.333. The summed E-state index contributed by atoms with van der Waals surface area (Å²) in [4.78, 5) is 24.0. The first-order valence-corrected chi connectivity index (χ1v) is 10.7. The standard InChI is InChI=1S/C21H27N3O5S/c1-13-7-9-16(12-17(13)22-14(2)25)23-20(26)15-8-10-18(29-6)19(11-15)30(27,28)24-21(3,4)5/h7-12,24H,1-6H3,(H,22,25)(H,23,26). The third-order valence-corrected chi connectivity index (χ3v) is 5.74. The number of aryl methyl sites for hydroxylation is 1. The molecule has 9 heteroatoms. The van der Waals surface area contributed by atoms with Crippen LogP contribution in [0.5, 0.6) is 5.75 Å². The van der Waals surface area contributed by atoms with Crippen LogP contribution in [0.4, 0.5) is 11.4 Å².